The first kappa shape index (κ1) is 22.4. The summed E-state index contributed by atoms with van der Waals surface area (Å²) in [5.41, 5.74) is 4.89. The molecule has 0 aromatic heterocycles. The van der Waals surface area contributed by atoms with Crippen LogP contribution in [0, 0.1) is 6.92 Å². The molecule has 0 unspecified atom stereocenters. The predicted molar refractivity (Wildman–Crippen MR) is 130 cm³/mol. The van der Waals surface area contributed by atoms with Crippen LogP contribution in [-0.4, -0.2) is 26.1 Å². The zero-order valence-electron chi connectivity index (χ0n) is 18.5. The molecule has 6 heteroatoms. The van der Waals surface area contributed by atoms with E-state index in [1.807, 2.05) is 55.5 Å². The number of rotatable bonds is 5. The van der Waals surface area contributed by atoms with Gasteiger partial charge in [-0.25, -0.2) is 4.79 Å². The van der Waals surface area contributed by atoms with Gasteiger partial charge in [0.1, 0.15) is 5.75 Å². The second kappa shape index (κ2) is 9.35. The van der Waals surface area contributed by atoms with E-state index in [2.05, 4.69) is 0 Å². The molecule has 1 amide bonds. The lowest BCUT2D eigenvalue weighted by atomic mass is 10.1. The average molecular weight is 460 g/mol. The number of methoxy groups -OCH3 is 2. The molecule has 0 spiro atoms. The third-order valence-corrected chi connectivity index (χ3v) is 5.67. The Morgan fingerprint density at radius 2 is 1.67 bits per heavy atom. The second-order valence-electron chi connectivity index (χ2n) is 7.54. The van der Waals surface area contributed by atoms with E-state index in [1.54, 1.807) is 42.3 Å². The van der Waals surface area contributed by atoms with E-state index in [0.717, 1.165) is 28.1 Å². The number of amides is 1. The van der Waals surface area contributed by atoms with Crippen molar-refractivity contribution in [3.63, 3.8) is 0 Å². The summed E-state index contributed by atoms with van der Waals surface area (Å²) < 4.78 is 10.0. The van der Waals surface area contributed by atoms with Gasteiger partial charge >= 0.3 is 5.97 Å². The van der Waals surface area contributed by atoms with Crippen molar-refractivity contribution < 1.29 is 19.1 Å². The molecule has 0 fully saturated rings. The molecule has 166 valence electrons. The molecule has 5 nitrogen and oxygen atoms in total. The summed E-state index contributed by atoms with van der Waals surface area (Å²) in [5.74, 6) is 0.158. The maximum Gasteiger partial charge on any atom is 0.337 e. The van der Waals surface area contributed by atoms with E-state index in [0.29, 0.717) is 21.8 Å². The minimum absolute atomic E-state index is 0.162. The van der Waals surface area contributed by atoms with Gasteiger partial charge in [0.15, 0.2) is 0 Å². The zero-order valence-corrected chi connectivity index (χ0v) is 19.2. The van der Waals surface area contributed by atoms with Crippen LogP contribution in [0.3, 0.4) is 0 Å². The molecular formula is C27H22ClNO4. The third-order valence-electron chi connectivity index (χ3n) is 5.42. The van der Waals surface area contributed by atoms with Crippen LogP contribution < -0.4 is 9.64 Å². The number of hydrogen-bond acceptors (Lipinski definition) is 4. The van der Waals surface area contributed by atoms with Gasteiger partial charge in [-0.15, -0.1) is 0 Å². The number of halogens is 1. The van der Waals surface area contributed by atoms with Gasteiger partial charge in [-0.2, -0.15) is 0 Å². The Hall–Kier alpha value is -3.83. The van der Waals surface area contributed by atoms with Gasteiger partial charge in [0, 0.05) is 10.6 Å². The van der Waals surface area contributed by atoms with Crippen molar-refractivity contribution in [1.29, 1.82) is 0 Å². The highest BCUT2D eigenvalue weighted by atomic mass is 35.5. The number of aryl methyl sites for hydroxylation is 1. The van der Waals surface area contributed by atoms with Crippen LogP contribution in [0.2, 0.25) is 5.02 Å². The first-order chi connectivity index (χ1) is 15.9. The van der Waals surface area contributed by atoms with Gasteiger partial charge in [0.05, 0.1) is 31.2 Å². The summed E-state index contributed by atoms with van der Waals surface area (Å²) in [4.78, 5) is 27.2. The van der Waals surface area contributed by atoms with Crippen LogP contribution in [0.4, 0.5) is 5.69 Å². The largest absolute Gasteiger partial charge is 0.497 e. The molecule has 0 saturated carbocycles. The van der Waals surface area contributed by atoms with Crippen LogP contribution in [0.25, 0.3) is 11.8 Å². The molecule has 3 aromatic rings. The number of ether oxygens (including phenoxy) is 2. The molecule has 3 aromatic carbocycles. The van der Waals surface area contributed by atoms with E-state index in [1.165, 1.54) is 7.11 Å². The lowest BCUT2D eigenvalue weighted by Gasteiger charge is -2.23. The molecule has 1 aliphatic rings. The smallest absolute Gasteiger partial charge is 0.337 e. The molecule has 0 saturated heterocycles. The maximum absolute atomic E-state index is 13.6. The number of anilines is 1. The Morgan fingerprint density at radius 1 is 0.970 bits per heavy atom. The van der Waals surface area contributed by atoms with Crippen LogP contribution in [0.1, 0.15) is 27.0 Å². The second-order valence-corrected chi connectivity index (χ2v) is 7.98. The Balaban J connectivity index is 1.80. The summed E-state index contributed by atoms with van der Waals surface area (Å²) >= 11 is 6.08. The molecule has 0 N–H and O–H groups in total. The number of benzene rings is 3. The molecule has 0 bridgehead atoms. The van der Waals surface area contributed by atoms with Gasteiger partial charge in [-0.05, 0) is 78.2 Å². The monoisotopic (exact) mass is 459 g/mol. The Bertz CT molecular complexity index is 1270. The standard InChI is InChI=1S/C27H22ClNO4/c1-17-14-20(27(31)33-3)8-13-24(17)29-25(19-6-9-22(28)10-7-19)16-21(26(29)30)15-18-4-11-23(32-2)12-5-18/h4-16H,1-3H3/b21-15-. The Kier molecular flexibility index (Phi) is 6.33. The molecule has 33 heavy (non-hydrogen) atoms. The van der Waals surface area contributed by atoms with Crippen molar-refractivity contribution >= 4 is 40.9 Å². The van der Waals surface area contributed by atoms with Crippen LogP contribution >= 0.6 is 11.6 Å². The molecular weight excluding hydrogens is 438 g/mol. The van der Waals surface area contributed by atoms with Crippen LogP contribution in [0.5, 0.6) is 5.75 Å². The SMILES string of the molecule is COC(=O)c1ccc(N2C(=O)/C(=C\c3ccc(OC)cc3)C=C2c2ccc(Cl)cc2)c(C)c1. The van der Waals surface area contributed by atoms with Crippen molar-refractivity contribution in [3.05, 3.63) is 106 Å². The summed E-state index contributed by atoms with van der Waals surface area (Å²) in [6, 6.07) is 20.0. The lowest BCUT2D eigenvalue weighted by molar-refractivity contribution is -0.113. The van der Waals surface area contributed by atoms with Crippen molar-refractivity contribution in [2.24, 2.45) is 0 Å². The predicted octanol–water partition coefficient (Wildman–Crippen LogP) is 5.91. The Labute approximate surface area is 197 Å². The van der Waals surface area contributed by atoms with Crippen molar-refractivity contribution in [2.75, 3.05) is 19.1 Å². The molecule has 0 aliphatic carbocycles. The highest BCUT2D eigenvalue weighted by Crippen LogP contribution is 2.37. The fraction of sp³-hybridized carbons (Fsp3) is 0.111. The molecule has 1 heterocycles. The number of carbonyl (C=O) groups excluding carboxylic acids is 2. The minimum Gasteiger partial charge on any atom is -0.497 e. The molecule has 4 rings (SSSR count). The van der Waals surface area contributed by atoms with Gasteiger partial charge < -0.3 is 9.47 Å². The summed E-state index contributed by atoms with van der Waals surface area (Å²) in [7, 11) is 2.95. The van der Waals surface area contributed by atoms with E-state index in [4.69, 9.17) is 21.1 Å². The van der Waals surface area contributed by atoms with Crippen LogP contribution in [-0.2, 0) is 9.53 Å². The maximum atomic E-state index is 13.6. The summed E-state index contributed by atoms with van der Waals surface area (Å²) in [6.07, 6.45) is 3.71. The lowest BCUT2D eigenvalue weighted by Crippen LogP contribution is -2.26. The first-order valence-corrected chi connectivity index (χ1v) is 10.7. The van der Waals surface area contributed by atoms with Gasteiger partial charge in [0.2, 0.25) is 0 Å². The fourth-order valence-corrected chi connectivity index (χ4v) is 3.84. The summed E-state index contributed by atoms with van der Waals surface area (Å²) in [6.45, 7) is 1.86. The zero-order chi connectivity index (χ0) is 23.5. The number of nitrogens with zero attached hydrogens (tertiary/aromatic N) is 1. The van der Waals surface area contributed by atoms with Crippen molar-refractivity contribution in [3.8, 4) is 5.75 Å². The Morgan fingerprint density at radius 3 is 2.27 bits per heavy atom. The quantitative estimate of drug-likeness (QED) is 0.351. The van der Waals surface area contributed by atoms with Gasteiger partial charge in [-0.3, -0.25) is 9.69 Å². The number of esters is 1. The number of carbonyl (C=O) groups is 2. The molecule has 1 aliphatic heterocycles. The average Bonchev–Trinajstić information content (AvgIpc) is 3.15. The van der Waals surface area contributed by atoms with E-state index < -0.39 is 5.97 Å². The highest BCUT2D eigenvalue weighted by molar-refractivity contribution is 6.30. The normalized spacial score (nSPS) is 14.4. The number of hydrogen-bond donors (Lipinski definition) is 0. The fourth-order valence-electron chi connectivity index (χ4n) is 3.72. The van der Waals surface area contributed by atoms with Crippen molar-refractivity contribution in [1.82, 2.24) is 0 Å². The molecule has 0 atom stereocenters. The minimum atomic E-state index is -0.425. The van der Waals surface area contributed by atoms with Crippen LogP contribution in [0.15, 0.2) is 78.4 Å². The van der Waals surface area contributed by atoms with Gasteiger partial charge in [0.25, 0.3) is 5.91 Å². The van der Waals surface area contributed by atoms with E-state index >= 15 is 0 Å². The molecule has 0 radical (unpaired) electrons. The van der Waals surface area contributed by atoms with E-state index in [9.17, 15) is 9.59 Å². The topological polar surface area (TPSA) is 55.8 Å². The third kappa shape index (κ3) is 4.54. The van der Waals surface area contributed by atoms with E-state index in [-0.39, 0.29) is 5.91 Å². The highest BCUT2D eigenvalue weighted by Gasteiger charge is 2.31. The van der Waals surface area contributed by atoms with Gasteiger partial charge in [-0.1, -0.05) is 35.9 Å². The summed E-state index contributed by atoms with van der Waals surface area (Å²) in [5, 5.41) is 0.614. The first-order valence-electron chi connectivity index (χ1n) is 10.3. The van der Waals surface area contributed by atoms with Crippen molar-refractivity contribution in [2.45, 2.75) is 6.92 Å².